The topological polar surface area (TPSA) is 64.6 Å². The van der Waals surface area contributed by atoms with E-state index in [0.29, 0.717) is 11.3 Å². The first kappa shape index (κ1) is 17.0. The highest BCUT2D eigenvalue weighted by Gasteiger charge is 2.18. The van der Waals surface area contributed by atoms with Crippen LogP contribution >= 0.6 is 0 Å². The van der Waals surface area contributed by atoms with E-state index in [0.717, 1.165) is 0 Å². The molecule has 0 aliphatic heterocycles. The van der Waals surface area contributed by atoms with Gasteiger partial charge in [-0.1, -0.05) is 6.07 Å². The van der Waals surface area contributed by atoms with Crippen molar-refractivity contribution in [1.29, 1.82) is 0 Å². The molecule has 23 heavy (non-hydrogen) atoms. The van der Waals surface area contributed by atoms with Gasteiger partial charge in [0.2, 0.25) is 0 Å². The third-order valence-electron chi connectivity index (χ3n) is 2.97. The van der Waals surface area contributed by atoms with Gasteiger partial charge in [-0.05, 0) is 48.9 Å². The van der Waals surface area contributed by atoms with Gasteiger partial charge in [0.25, 0.3) is 10.0 Å². The minimum Gasteiger partial charge on any atom is -0.497 e. The van der Waals surface area contributed by atoms with Crippen LogP contribution in [0.25, 0.3) is 0 Å². The molecule has 0 radical (unpaired) electrons. The molecule has 2 aromatic rings. The second-order valence-corrected chi connectivity index (χ2v) is 6.34. The van der Waals surface area contributed by atoms with Crippen molar-refractivity contribution < 1.29 is 26.7 Å². The smallest absolute Gasteiger partial charge is 0.387 e. The summed E-state index contributed by atoms with van der Waals surface area (Å²) in [6.45, 7) is -1.37. The van der Waals surface area contributed by atoms with Crippen LogP contribution in [0, 0.1) is 6.92 Å². The number of sulfonamides is 1. The predicted molar refractivity (Wildman–Crippen MR) is 81.6 cm³/mol. The quantitative estimate of drug-likeness (QED) is 0.873. The fraction of sp³-hybridized carbons (Fsp3) is 0.200. The molecule has 0 amide bonds. The number of rotatable bonds is 6. The molecule has 0 atom stereocenters. The summed E-state index contributed by atoms with van der Waals surface area (Å²) < 4.78 is 61.1. The van der Waals surface area contributed by atoms with Crippen LogP contribution in [0.5, 0.6) is 11.5 Å². The van der Waals surface area contributed by atoms with Crippen molar-refractivity contribution in [2.24, 2.45) is 0 Å². The highest BCUT2D eigenvalue weighted by atomic mass is 32.2. The number of aryl methyl sites for hydroxylation is 1. The average molecular weight is 343 g/mol. The Morgan fingerprint density at radius 1 is 1.09 bits per heavy atom. The first-order chi connectivity index (χ1) is 10.8. The molecule has 0 aliphatic carbocycles. The molecule has 0 fully saturated rings. The normalized spacial score (nSPS) is 11.3. The average Bonchev–Trinajstić information content (AvgIpc) is 2.49. The Balaban J connectivity index is 2.32. The largest absolute Gasteiger partial charge is 0.497 e. The van der Waals surface area contributed by atoms with E-state index < -0.39 is 16.6 Å². The number of ether oxygens (including phenoxy) is 2. The highest BCUT2D eigenvalue weighted by molar-refractivity contribution is 7.92. The van der Waals surface area contributed by atoms with Crippen molar-refractivity contribution in [3.8, 4) is 11.5 Å². The number of halogens is 2. The minimum atomic E-state index is -3.94. The van der Waals surface area contributed by atoms with Gasteiger partial charge < -0.3 is 9.47 Å². The molecule has 0 spiro atoms. The number of methoxy groups -OCH3 is 1. The third kappa shape index (κ3) is 4.32. The second-order valence-electron chi connectivity index (χ2n) is 4.66. The summed E-state index contributed by atoms with van der Waals surface area (Å²) in [6, 6.07) is 9.96. The maximum Gasteiger partial charge on any atom is 0.387 e. The standard InChI is InChI=1S/C15H15F2NO4S/c1-10-3-8-13(14(9-10)22-15(16)17)18-23(19,20)12-6-4-11(21-2)5-7-12/h3-9,15,18H,1-2H3. The zero-order valence-electron chi connectivity index (χ0n) is 12.4. The maximum absolute atomic E-state index is 12.5. The zero-order valence-corrected chi connectivity index (χ0v) is 13.2. The van der Waals surface area contributed by atoms with Crippen molar-refractivity contribution in [3.63, 3.8) is 0 Å². The molecular weight excluding hydrogens is 328 g/mol. The summed E-state index contributed by atoms with van der Waals surface area (Å²) in [5, 5.41) is 0. The van der Waals surface area contributed by atoms with Crippen molar-refractivity contribution in [2.75, 3.05) is 11.8 Å². The summed E-state index contributed by atoms with van der Waals surface area (Å²) in [7, 11) is -2.48. The van der Waals surface area contributed by atoms with Crippen molar-refractivity contribution in [2.45, 2.75) is 18.4 Å². The van der Waals surface area contributed by atoms with Crippen LogP contribution in [0.3, 0.4) is 0 Å². The number of hydrogen-bond acceptors (Lipinski definition) is 4. The van der Waals surface area contributed by atoms with Crippen LogP contribution in [0.1, 0.15) is 5.56 Å². The summed E-state index contributed by atoms with van der Waals surface area (Å²) in [4.78, 5) is -0.0260. The molecule has 0 saturated heterocycles. The van der Waals surface area contributed by atoms with Crippen molar-refractivity contribution in [1.82, 2.24) is 0 Å². The lowest BCUT2D eigenvalue weighted by Crippen LogP contribution is -2.14. The van der Waals surface area contributed by atoms with E-state index in [1.807, 2.05) is 0 Å². The van der Waals surface area contributed by atoms with Crippen molar-refractivity contribution in [3.05, 3.63) is 48.0 Å². The fourth-order valence-corrected chi connectivity index (χ4v) is 2.94. The van der Waals surface area contributed by atoms with Gasteiger partial charge in [-0.3, -0.25) is 4.72 Å². The molecule has 0 aliphatic rings. The van der Waals surface area contributed by atoms with Gasteiger partial charge in [0, 0.05) is 0 Å². The first-order valence-electron chi connectivity index (χ1n) is 6.54. The molecule has 2 aromatic carbocycles. The molecule has 1 N–H and O–H groups in total. The monoisotopic (exact) mass is 343 g/mol. The lowest BCUT2D eigenvalue weighted by Gasteiger charge is -2.14. The fourth-order valence-electron chi connectivity index (χ4n) is 1.87. The van der Waals surface area contributed by atoms with E-state index in [9.17, 15) is 17.2 Å². The summed E-state index contributed by atoms with van der Waals surface area (Å²) >= 11 is 0. The number of hydrogen-bond donors (Lipinski definition) is 1. The molecule has 2 rings (SSSR count). The Labute approximate surface area is 132 Å². The lowest BCUT2D eigenvalue weighted by atomic mass is 10.2. The number of benzene rings is 2. The first-order valence-corrected chi connectivity index (χ1v) is 8.02. The molecule has 8 heteroatoms. The minimum absolute atomic E-state index is 0.0260. The van der Waals surface area contributed by atoms with E-state index in [4.69, 9.17) is 4.74 Å². The van der Waals surface area contributed by atoms with Crippen LogP contribution in [-0.2, 0) is 10.0 Å². The van der Waals surface area contributed by atoms with E-state index >= 15 is 0 Å². The molecule has 0 saturated carbocycles. The molecule has 0 heterocycles. The van der Waals surface area contributed by atoms with Gasteiger partial charge in [0.1, 0.15) is 11.5 Å². The van der Waals surface area contributed by atoms with Crippen LogP contribution < -0.4 is 14.2 Å². The third-order valence-corrected chi connectivity index (χ3v) is 4.35. The van der Waals surface area contributed by atoms with Gasteiger partial charge in [-0.25, -0.2) is 8.42 Å². The zero-order chi connectivity index (χ0) is 17.0. The second kappa shape index (κ2) is 6.82. The van der Waals surface area contributed by atoms with Gasteiger partial charge in [0.05, 0.1) is 17.7 Å². The van der Waals surface area contributed by atoms with E-state index in [1.165, 1.54) is 43.5 Å². The number of nitrogens with one attached hydrogen (secondary N) is 1. The SMILES string of the molecule is COc1ccc(S(=O)(=O)Nc2ccc(C)cc2OC(F)F)cc1. The van der Waals surface area contributed by atoms with E-state index in [-0.39, 0.29) is 16.3 Å². The number of alkyl halides is 2. The molecular formula is C15H15F2NO4S. The Kier molecular flexibility index (Phi) is 5.05. The summed E-state index contributed by atoms with van der Waals surface area (Å²) in [5.41, 5.74) is 0.597. The predicted octanol–water partition coefficient (Wildman–Crippen LogP) is 3.41. The molecule has 124 valence electrons. The number of anilines is 1. The molecule has 0 unspecified atom stereocenters. The van der Waals surface area contributed by atoms with Crippen LogP contribution in [0.4, 0.5) is 14.5 Å². The van der Waals surface area contributed by atoms with Gasteiger partial charge in [-0.15, -0.1) is 0 Å². The van der Waals surface area contributed by atoms with Crippen LogP contribution in [0.2, 0.25) is 0 Å². The van der Waals surface area contributed by atoms with Gasteiger partial charge >= 0.3 is 6.61 Å². The Morgan fingerprint density at radius 3 is 2.30 bits per heavy atom. The Hall–Kier alpha value is -2.35. The molecule has 5 nitrogen and oxygen atoms in total. The van der Waals surface area contributed by atoms with Gasteiger partial charge in [-0.2, -0.15) is 8.78 Å². The Bertz CT molecular complexity index is 777. The van der Waals surface area contributed by atoms with Gasteiger partial charge in [0.15, 0.2) is 0 Å². The lowest BCUT2D eigenvalue weighted by molar-refractivity contribution is -0.0493. The molecule has 0 aromatic heterocycles. The summed E-state index contributed by atoms with van der Waals surface area (Å²) in [5.74, 6) is 0.262. The van der Waals surface area contributed by atoms with E-state index in [1.54, 1.807) is 13.0 Å². The molecule has 0 bridgehead atoms. The van der Waals surface area contributed by atoms with Crippen LogP contribution in [-0.4, -0.2) is 22.1 Å². The maximum atomic E-state index is 12.5. The van der Waals surface area contributed by atoms with E-state index in [2.05, 4.69) is 9.46 Å². The Morgan fingerprint density at radius 2 is 1.74 bits per heavy atom. The summed E-state index contributed by atoms with van der Waals surface area (Å²) in [6.07, 6.45) is 0. The van der Waals surface area contributed by atoms with Crippen LogP contribution in [0.15, 0.2) is 47.4 Å². The highest BCUT2D eigenvalue weighted by Crippen LogP contribution is 2.29. The van der Waals surface area contributed by atoms with Crippen molar-refractivity contribution >= 4 is 15.7 Å².